The van der Waals surface area contributed by atoms with E-state index in [-0.39, 0.29) is 42.1 Å². The van der Waals surface area contributed by atoms with Crippen LogP contribution in [0.15, 0.2) is 49.6 Å². The predicted molar refractivity (Wildman–Crippen MR) is 117 cm³/mol. The minimum absolute atomic E-state index is 0.0233. The van der Waals surface area contributed by atoms with Crippen molar-refractivity contribution in [2.24, 2.45) is 0 Å². The van der Waals surface area contributed by atoms with Gasteiger partial charge in [-0.2, -0.15) is 0 Å². The first kappa shape index (κ1) is 23.2. The number of halogens is 1. The van der Waals surface area contributed by atoms with Crippen LogP contribution >= 0.6 is 11.8 Å². The number of thioether (sulfide) groups is 1. The Balaban J connectivity index is 2.06. The second-order valence-electron chi connectivity index (χ2n) is 7.24. The molecule has 0 saturated carbocycles. The van der Waals surface area contributed by atoms with Gasteiger partial charge in [0.1, 0.15) is 11.2 Å². The van der Waals surface area contributed by atoms with Crippen molar-refractivity contribution in [1.82, 2.24) is 14.7 Å². The summed E-state index contributed by atoms with van der Waals surface area (Å²) in [5, 5.41) is -0.120. The quantitative estimate of drug-likeness (QED) is 0.546. The Hall–Kier alpha value is -2.12. The fourth-order valence-corrected chi connectivity index (χ4v) is 4.46. The van der Waals surface area contributed by atoms with Crippen molar-refractivity contribution >= 4 is 23.6 Å². The summed E-state index contributed by atoms with van der Waals surface area (Å²) in [4.78, 5) is 31.1. The summed E-state index contributed by atoms with van der Waals surface area (Å²) in [7, 11) is 0. The number of rotatable bonds is 10. The molecule has 1 aromatic rings. The average Bonchev–Trinajstić information content (AvgIpc) is 3.17. The summed E-state index contributed by atoms with van der Waals surface area (Å²) < 4.78 is 13.2. The third kappa shape index (κ3) is 6.44. The topological polar surface area (TPSA) is 43.9 Å². The minimum atomic E-state index is -0.289. The zero-order valence-corrected chi connectivity index (χ0v) is 18.0. The molecular formula is C22H30FN3O2S. The molecule has 0 aliphatic carbocycles. The number of amides is 2. The molecule has 0 unspecified atom stereocenters. The van der Waals surface area contributed by atoms with Crippen LogP contribution < -0.4 is 0 Å². The Morgan fingerprint density at radius 3 is 2.38 bits per heavy atom. The first-order valence-electron chi connectivity index (χ1n) is 9.77. The monoisotopic (exact) mass is 419 g/mol. The summed E-state index contributed by atoms with van der Waals surface area (Å²) in [6.45, 7) is 13.2. The third-order valence-corrected chi connectivity index (χ3v) is 6.09. The number of carbonyl (C=O) groups excluding carboxylic acids is 2. The maximum Gasteiger partial charge on any atom is 0.237 e. The number of hydrogen-bond acceptors (Lipinski definition) is 4. The van der Waals surface area contributed by atoms with Crippen LogP contribution in [0, 0.1) is 5.82 Å². The van der Waals surface area contributed by atoms with Gasteiger partial charge in [0.05, 0.1) is 13.1 Å². The van der Waals surface area contributed by atoms with Crippen LogP contribution in [-0.2, 0) is 9.59 Å². The van der Waals surface area contributed by atoms with Gasteiger partial charge in [0.25, 0.3) is 0 Å². The van der Waals surface area contributed by atoms with Gasteiger partial charge in [-0.25, -0.2) is 4.39 Å². The molecule has 1 aromatic carbocycles. The lowest BCUT2D eigenvalue weighted by molar-refractivity contribution is -0.136. The molecule has 1 aliphatic rings. The molecule has 29 heavy (non-hydrogen) atoms. The van der Waals surface area contributed by atoms with Gasteiger partial charge in [0, 0.05) is 31.4 Å². The first-order valence-corrected chi connectivity index (χ1v) is 10.8. The lowest BCUT2D eigenvalue weighted by Crippen LogP contribution is -2.47. The van der Waals surface area contributed by atoms with E-state index >= 15 is 0 Å². The van der Waals surface area contributed by atoms with Crippen LogP contribution in [0.25, 0.3) is 0 Å². The van der Waals surface area contributed by atoms with E-state index in [1.807, 2.05) is 23.6 Å². The van der Waals surface area contributed by atoms with Crippen molar-refractivity contribution in [3.8, 4) is 0 Å². The summed E-state index contributed by atoms with van der Waals surface area (Å²) in [6.07, 6.45) is 3.36. The van der Waals surface area contributed by atoms with E-state index in [1.54, 1.807) is 40.9 Å². The number of carbonyl (C=O) groups is 2. The van der Waals surface area contributed by atoms with Crippen LogP contribution in [0.2, 0.25) is 0 Å². The van der Waals surface area contributed by atoms with Crippen molar-refractivity contribution in [2.75, 3.05) is 38.5 Å². The number of hydrogen-bond donors (Lipinski definition) is 0. The second kappa shape index (κ2) is 11.2. The Labute approximate surface area is 177 Å². The summed E-state index contributed by atoms with van der Waals surface area (Å²) >= 11 is 1.67. The zero-order chi connectivity index (χ0) is 21.4. The molecule has 2 amide bonds. The summed E-state index contributed by atoms with van der Waals surface area (Å²) in [5.74, 6) is 0.464. The number of benzene rings is 1. The van der Waals surface area contributed by atoms with E-state index in [9.17, 15) is 14.0 Å². The molecule has 1 heterocycles. The molecule has 0 bridgehead atoms. The van der Waals surface area contributed by atoms with Gasteiger partial charge in [-0.1, -0.05) is 24.3 Å². The SMILES string of the molecule is C=CCN(CC=C)C(=O)CN(CC(=O)N1CCS[C@H]1c1ccc(F)cc1)C(C)C. The maximum atomic E-state index is 13.2. The predicted octanol–water partition coefficient (Wildman–Crippen LogP) is 3.31. The van der Waals surface area contributed by atoms with Gasteiger partial charge < -0.3 is 9.80 Å². The van der Waals surface area contributed by atoms with Gasteiger partial charge in [-0.3, -0.25) is 14.5 Å². The highest BCUT2D eigenvalue weighted by Crippen LogP contribution is 2.37. The smallest absolute Gasteiger partial charge is 0.237 e. The lowest BCUT2D eigenvalue weighted by atomic mass is 10.2. The van der Waals surface area contributed by atoms with Crippen molar-refractivity contribution in [2.45, 2.75) is 25.3 Å². The Kier molecular flexibility index (Phi) is 8.92. The fourth-order valence-electron chi connectivity index (χ4n) is 3.18. The Morgan fingerprint density at radius 1 is 1.21 bits per heavy atom. The van der Waals surface area contributed by atoms with E-state index in [1.165, 1.54) is 12.1 Å². The van der Waals surface area contributed by atoms with Gasteiger partial charge >= 0.3 is 0 Å². The molecule has 0 spiro atoms. The van der Waals surface area contributed by atoms with Crippen LogP contribution in [-0.4, -0.2) is 71.0 Å². The number of nitrogens with zero attached hydrogens (tertiary/aromatic N) is 3. The molecule has 5 nitrogen and oxygen atoms in total. The standard InChI is InChI=1S/C22H30FN3O2S/c1-5-11-24(12-6-2)20(27)15-25(17(3)4)16-21(28)26-13-14-29-22(26)18-7-9-19(23)10-8-18/h5-10,17,22H,1-2,11-16H2,3-4H3/t22-/m0/s1. The maximum absolute atomic E-state index is 13.2. The molecule has 2 rings (SSSR count). The Bertz CT molecular complexity index is 713. The van der Waals surface area contributed by atoms with Gasteiger partial charge in [-0.05, 0) is 31.5 Å². The van der Waals surface area contributed by atoms with E-state index in [2.05, 4.69) is 13.2 Å². The highest BCUT2D eigenvalue weighted by atomic mass is 32.2. The minimum Gasteiger partial charge on any atom is -0.334 e. The zero-order valence-electron chi connectivity index (χ0n) is 17.2. The largest absolute Gasteiger partial charge is 0.334 e. The highest BCUT2D eigenvalue weighted by Gasteiger charge is 2.32. The molecule has 7 heteroatoms. The molecule has 1 aliphatic heterocycles. The Morgan fingerprint density at radius 2 is 1.83 bits per heavy atom. The molecule has 0 N–H and O–H groups in total. The van der Waals surface area contributed by atoms with Crippen molar-refractivity contribution in [3.63, 3.8) is 0 Å². The molecule has 1 fully saturated rings. The highest BCUT2D eigenvalue weighted by molar-refractivity contribution is 7.99. The van der Waals surface area contributed by atoms with Crippen LogP contribution in [0.4, 0.5) is 4.39 Å². The molecule has 0 aromatic heterocycles. The molecule has 1 saturated heterocycles. The van der Waals surface area contributed by atoms with Gasteiger partial charge in [-0.15, -0.1) is 24.9 Å². The van der Waals surface area contributed by atoms with Gasteiger partial charge in [0.2, 0.25) is 11.8 Å². The van der Waals surface area contributed by atoms with Crippen LogP contribution in [0.5, 0.6) is 0 Å². The molecule has 0 radical (unpaired) electrons. The average molecular weight is 420 g/mol. The van der Waals surface area contributed by atoms with E-state index in [0.29, 0.717) is 19.6 Å². The normalized spacial score (nSPS) is 16.3. The van der Waals surface area contributed by atoms with Crippen LogP contribution in [0.3, 0.4) is 0 Å². The van der Waals surface area contributed by atoms with E-state index < -0.39 is 0 Å². The molecule has 1 atom stereocenters. The van der Waals surface area contributed by atoms with Gasteiger partial charge in [0.15, 0.2) is 0 Å². The van der Waals surface area contributed by atoms with Crippen molar-refractivity contribution < 1.29 is 14.0 Å². The summed E-state index contributed by atoms with van der Waals surface area (Å²) in [6, 6.07) is 6.33. The van der Waals surface area contributed by atoms with E-state index in [4.69, 9.17) is 0 Å². The van der Waals surface area contributed by atoms with Crippen LogP contribution in [0.1, 0.15) is 24.8 Å². The lowest BCUT2D eigenvalue weighted by Gasteiger charge is -2.31. The molecular weight excluding hydrogens is 389 g/mol. The fraction of sp³-hybridized carbons (Fsp3) is 0.455. The van der Waals surface area contributed by atoms with E-state index in [0.717, 1.165) is 11.3 Å². The second-order valence-corrected chi connectivity index (χ2v) is 8.42. The summed E-state index contributed by atoms with van der Waals surface area (Å²) in [5.41, 5.74) is 0.914. The van der Waals surface area contributed by atoms with Crippen molar-refractivity contribution in [3.05, 3.63) is 61.0 Å². The van der Waals surface area contributed by atoms with Crippen molar-refractivity contribution in [1.29, 1.82) is 0 Å². The molecule has 158 valence electrons. The third-order valence-electron chi connectivity index (χ3n) is 4.83. The first-order chi connectivity index (χ1) is 13.9.